The Morgan fingerprint density at radius 2 is 2.08 bits per heavy atom. The third-order valence-electron chi connectivity index (χ3n) is 2.10. The van der Waals surface area contributed by atoms with Crippen LogP contribution >= 0.6 is 0 Å². The highest BCUT2D eigenvalue weighted by molar-refractivity contribution is 5.67. The zero-order valence-electron chi connectivity index (χ0n) is 8.13. The molecule has 2 heteroatoms. The molecule has 0 aromatic carbocycles. The van der Waals surface area contributed by atoms with Crippen LogP contribution in [0.4, 0.5) is 0 Å². The molecule has 0 rings (SSSR count). The number of carboxylic acids is 1. The molecule has 0 aliphatic rings. The van der Waals surface area contributed by atoms with Crippen molar-refractivity contribution in [2.24, 2.45) is 11.3 Å². The number of allylic oxidation sites excluding steroid dienone is 1. The van der Waals surface area contributed by atoms with Crippen LogP contribution in [0.2, 0.25) is 0 Å². The molecule has 0 aromatic heterocycles. The predicted molar refractivity (Wildman–Crippen MR) is 50.0 cm³/mol. The molecule has 1 atom stereocenters. The molecule has 2 nitrogen and oxygen atoms in total. The van der Waals surface area contributed by atoms with Crippen LogP contribution in [0.5, 0.6) is 0 Å². The van der Waals surface area contributed by atoms with E-state index < -0.39 is 5.97 Å². The quantitative estimate of drug-likeness (QED) is 0.659. The lowest BCUT2D eigenvalue weighted by molar-refractivity contribution is -0.139. The first-order chi connectivity index (χ1) is 5.38. The van der Waals surface area contributed by atoms with Crippen LogP contribution in [0.1, 0.15) is 33.6 Å². The molecule has 0 spiro atoms. The minimum Gasteiger partial charge on any atom is -0.481 e. The van der Waals surface area contributed by atoms with Crippen molar-refractivity contribution >= 4 is 5.97 Å². The fraction of sp³-hybridized carbons (Fsp3) is 0.700. The second-order valence-corrected chi connectivity index (χ2v) is 4.19. The zero-order valence-corrected chi connectivity index (χ0v) is 8.13. The Labute approximate surface area is 74.3 Å². The van der Waals surface area contributed by atoms with E-state index in [4.69, 9.17) is 5.11 Å². The Kier molecular flexibility index (Phi) is 4.01. The standard InChI is InChI=1S/C10H18O2/c1-5-6-8(7-9(11)12)10(2,3)4/h5,8H,1,6-7H2,2-4H3,(H,11,12). The minimum atomic E-state index is -0.725. The van der Waals surface area contributed by atoms with E-state index in [2.05, 4.69) is 27.4 Å². The van der Waals surface area contributed by atoms with Gasteiger partial charge in [0.25, 0.3) is 0 Å². The summed E-state index contributed by atoms with van der Waals surface area (Å²) in [7, 11) is 0. The molecule has 0 amide bonds. The average Bonchev–Trinajstić information content (AvgIpc) is 1.83. The Balaban J connectivity index is 4.22. The highest BCUT2D eigenvalue weighted by atomic mass is 16.4. The maximum atomic E-state index is 10.5. The molecule has 1 unspecified atom stereocenters. The van der Waals surface area contributed by atoms with Gasteiger partial charge < -0.3 is 5.11 Å². The summed E-state index contributed by atoms with van der Waals surface area (Å²) in [6.07, 6.45) is 2.80. The van der Waals surface area contributed by atoms with Gasteiger partial charge in [0.15, 0.2) is 0 Å². The lowest BCUT2D eigenvalue weighted by Gasteiger charge is -2.28. The maximum absolute atomic E-state index is 10.5. The minimum absolute atomic E-state index is 0.0482. The van der Waals surface area contributed by atoms with Gasteiger partial charge in [0.2, 0.25) is 0 Å². The monoisotopic (exact) mass is 170 g/mol. The lowest BCUT2D eigenvalue weighted by Crippen LogP contribution is -2.22. The van der Waals surface area contributed by atoms with Gasteiger partial charge in [0.1, 0.15) is 0 Å². The van der Waals surface area contributed by atoms with Crippen molar-refractivity contribution in [1.82, 2.24) is 0 Å². The molecule has 0 fully saturated rings. The maximum Gasteiger partial charge on any atom is 0.303 e. The van der Waals surface area contributed by atoms with Crippen molar-refractivity contribution in [3.63, 3.8) is 0 Å². The van der Waals surface area contributed by atoms with Crippen LogP contribution in [0.25, 0.3) is 0 Å². The topological polar surface area (TPSA) is 37.3 Å². The van der Waals surface area contributed by atoms with E-state index in [-0.39, 0.29) is 17.8 Å². The van der Waals surface area contributed by atoms with E-state index in [1.165, 1.54) is 0 Å². The highest BCUT2D eigenvalue weighted by Crippen LogP contribution is 2.31. The summed E-state index contributed by atoms with van der Waals surface area (Å²) in [5.74, 6) is -0.538. The van der Waals surface area contributed by atoms with E-state index in [9.17, 15) is 4.79 Å². The molecular weight excluding hydrogens is 152 g/mol. The second-order valence-electron chi connectivity index (χ2n) is 4.19. The first kappa shape index (κ1) is 11.2. The summed E-state index contributed by atoms with van der Waals surface area (Å²) in [6, 6.07) is 0. The van der Waals surface area contributed by atoms with Crippen LogP contribution in [0.3, 0.4) is 0 Å². The first-order valence-corrected chi connectivity index (χ1v) is 4.20. The van der Waals surface area contributed by atoms with Gasteiger partial charge in [-0.25, -0.2) is 0 Å². The van der Waals surface area contributed by atoms with Crippen molar-refractivity contribution < 1.29 is 9.90 Å². The Hall–Kier alpha value is -0.790. The molecule has 70 valence electrons. The molecule has 0 aliphatic heterocycles. The molecule has 1 N–H and O–H groups in total. The summed E-state index contributed by atoms with van der Waals surface area (Å²) in [4.78, 5) is 10.5. The van der Waals surface area contributed by atoms with Crippen molar-refractivity contribution in [2.45, 2.75) is 33.6 Å². The second kappa shape index (κ2) is 4.29. The molecule has 0 aliphatic carbocycles. The van der Waals surface area contributed by atoms with E-state index in [1.54, 1.807) is 6.08 Å². The van der Waals surface area contributed by atoms with E-state index in [0.29, 0.717) is 0 Å². The number of hydrogen-bond acceptors (Lipinski definition) is 1. The number of carboxylic acid groups (broad SMARTS) is 1. The lowest BCUT2D eigenvalue weighted by atomic mass is 9.77. The fourth-order valence-corrected chi connectivity index (χ4v) is 1.16. The summed E-state index contributed by atoms with van der Waals surface area (Å²) < 4.78 is 0. The number of aliphatic carboxylic acids is 1. The van der Waals surface area contributed by atoms with Crippen LogP contribution < -0.4 is 0 Å². The molecule has 12 heavy (non-hydrogen) atoms. The Morgan fingerprint density at radius 1 is 1.58 bits per heavy atom. The van der Waals surface area contributed by atoms with Gasteiger partial charge in [-0.05, 0) is 17.8 Å². The van der Waals surface area contributed by atoms with Gasteiger partial charge in [-0.1, -0.05) is 26.8 Å². The van der Waals surface area contributed by atoms with Crippen LogP contribution in [0, 0.1) is 11.3 Å². The van der Waals surface area contributed by atoms with Gasteiger partial charge in [-0.15, -0.1) is 6.58 Å². The number of hydrogen-bond donors (Lipinski definition) is 1. The van der Waals surface area contributed by atoms with Crippen LogP contribution in [-0.2, 0) is 4.79 Å². The van der Waals surface area contributed by atoms with E-state index >= 15 is 0 Å². The number of carbonyl (C=O) groups is 1. The largest absolute Gasteiger partial charge is 0.481 e. The van der Waals surface area contributed by atoms with Crippen LogP contribution in [0.15, 0.2) is 12.7 Å². The highest BCUT2D eigenvalue weighted by Gasteiger charge is 2.25. The Morgan fingerprint density at radius 3 is 2.33 bits per heavy atom. The van der Waals surface area contributed by atoms with Gasteiger partial charge in [-0.2, -0.15) is 0 Å². The molecule has 0 bridgehead atoms. The average molecular weight is 170 g/mol. The summed E-state index contributed by atoms with van der Waals surface area (Å²) in [5, 5.41) is 8.64. The van der Waals surface area contributed by atoms with Crippen molar-refractivity contribution in [3.8, 4) is 0 Å². The van der Waals surface area contributed by atoms with Crippen LogP contribution in [-0.4, -0.2) is 11.1 Å². The molecule has 0 radical (unpaired) electrons. The zero-order chi connectivity index (χ0) is 9.78. The molecule has 0 aromatic rings. The smallest absolute Gasteiger partial charge is 0.303 e. The third-order valence-corrected chi connectivity index (χ3v) is 2.10. The van der Waals surface area contributed by atoms with Gasteiger partial charge in [-0.3, -0.25) is 4.79 Å². The SMILES string of the molecule is C=CCC(CC(=O)O)C(C)(C)C. The van der Waals surface area contributed by atoms with E-state index in [0.717, 1.165) is 6.42 Å². The third kappa shape index (κ3) is 4.16. The predicted octanol–water partition coefficient (Wildman–Crippen LogP) is 2.70. The normalized spacial score (nSPS) is 13.9. The van der Waals surface area contributed by atoms with E-state index in [1.807, 2.05) is 0 Å². The van der Waals surface area contributed by atoms with Gasteiger partial charge >= 0.3 is 5.97 Å². The fourth-order valence-electron chi connectivity index (χ4n) is 1.16. The first-order valence-electron chi connectivity index (χ1n) is 4.20. The molecule has 0 saturated heterocycles. The van der Waals surface area contributed by atoms with Crippen molar-refractivity contribution in [1.29, 1.82) is 0 Å². The summed E-state index contributed by atoms with van der Waals surface area (Å²) >= 11 is 0. The van der Waals surface area contributed by atoms with Crippen molar-refractivity contribution in [3.05, 3.63) is 12.7 Å². The Bertz CT molecular complexity index is 165. The summed E-state index contributed by atoms with van der Waals surface area (Å²) in [6.45, 7) is 9.81. The van der Waals surface area contributed by atoms with Crippen molar-refractivity contribution in [2.75, 3.05) is 0 Å². The molecule has 0 saturated carbocycles. The van der Waals surface area contributed by atoms with Gasteiger partial charge in [0.05, 0.1) is 0 Å². The molecule has 0 heterocycles. The number of rotatable bonds is 4. The van der Waals surface area contributed by atoms with Gasteiger partial charge in [0, 0.05) is 6.42 Å². The summed E-state index contributed by atoms with van der Waals surface area (Å²) in [5.41, 5.74) is 0.0482. The molecular formula is C10H18O2.